The highest BCUT2D eigenvalue weighted by atomic mass is 16.5. The van der Waals surface area contributed by atoms with Gasteiger partial charge >= 0.3 is 0 Å². The van der Waals surface area contributed by atoms with Gasteiger partial charge < -0.3 is 15.0 Å². The molecule has 2 aliphatic rings. The number of morpholine rings is 1. The van der Waals surface area contributed by atoms with Crippen molar-refractivity contribution in [1.82, 2.24) is 4.98 Å². The second kappa shape index (κ2) is 6.81. The van der Waals surface area contributed by atoms with Crippen LogP contribution in [0.15, 0.2) is 42.6 Å². The lowest BCUT2D eigenvalue weighted by atomic mass is 10.0. The summed E-state index contributed by atoms with van der Waals surface area (Å²) in [4.78, 5) is 6.93. The first-order chi connectivity index (χ1) is 11.8. The van der Waals surface area contributed by atoms with E-state index in [-0.39, 0.29) is 0 Å². The van der Waals surface area contributed by atoms with Gasteiger partial charge in [0.2, 0.25) is 0 Å². The average molecular weight is 323 g/mol. The molecule has 4 rings (SSSR count). The topological polar surface area (TPSA) is 37.4 Å². The summed E-state index contributed by atoms with van der Waals surface area (Å²) in [6.45, 7) is 5.57. The van der Waals surface area contributed by atoms with Crippen LogP contribution in [0.1, 0.15) is 30.0 Å². The summed E-state index contributed by atoms with van der Waals surface area (Å²) in [5.41, 5.74) is 3.79. The van der Waals surface area contributed by atoms with Gasteiger partial charge in [0.25, 0.3) is 0 Å². The van der Waals surface area contributed by atoms with Gasteiger partial charge in [0, 0.05) is 13.1 Å². The minimum absolute atomic E-state index is 0.390. The monoisotopic (exact) mass is 323 g/mol. The number of benzene rings is 1. The Morgan fingerprint density at radius 2 is 1.83 bits per heavy atom. The van der Waals surface area contributed by atoms with Gasteiger partial charge in [-0.15, -0.1) is 0 Å². The van der Waals surface area contributed by atoms with Gasteiger partial charge in [-0.05, 0) is 43.4 Å². The molecule has 1 N–H and O–H groups in total. The smallest absolute Gasteiger partial charge is 0.128 e. The zero-order valence-corrected chi connectivity index (χ0v) is 14.2. The molecule has 0 amide bonds. The third kappa shape index (κ3) is 3.54. The van der Waals surface area contributed by atoms with Gasteiger partial charge in [-0.2, -0.15) is 0 Å². The molecule has 2 aromatic rings. The molecular weight excluding hydrogens is 298 g/mol. The summed E-state index contributed by atoms with van der Waals surface area (Å²) in [5, 5.41) is 3.70. The van der Waals surface area contributed by atoms with E-state index in [0.29, 0.717) is 6.04 Å². The van der Waals surface area contributed by atoms with Gasteiger partial charge in [-0.25, -0.2) is 4.98 Å². The third-order valence-electron chi connectivity index (χ3n) is 4.93. The van der Waals surface area contributed by atoms with Crippen LogP contribution < -0.4 is 10.2 Å². The Bertz CT molecular complexity index is 658. The van der Waals surface area contributed by atoms with E-state index >= 15 is 0 Å². The molecule has 1 saturated heterocycles. The van der Waals surface area contributed by atoms with Gasteiger partial charge in [0.1, 0.15) is 5.82 Å². The van der Waals surface area contributed by atoms with Gasteiger partial charge in [0.15, 0.2) is 0 Å². The number of nitrogens with zero attached hydrogens (tertiary/aromatic N) is 2. The predicted octanol–water partition coefficient (Wildman–Crippen LogP) is 3.79. The summed E-state index contributed by atoms with van der Waals surface area (Å²) < 4.78 is 5.41. The van der Waals surface area contributed by atoms with Crippen LogP contribution in [0.4, 0.5) is 11.5 Å². The molecule has 1 atom stereocenters. The Morgan fingerprint density at radius 1 is 1.08 bits per heavy atom. The summed E-state index contributed by atoms with van der Waals surface area (Å²) in [5.74, 6) is 1.79. The Balaban J connectivity index is 1.47. The van der Waals surface area contributed by atoms with E-state index in [0.717, 1.165) is 43.7 Å². The lowest BCUT2D eigenvalue weighted by Gasteiger charge is -2.28. The first-order valence-electron chi connectivity index (χ1n) is 8.91. The number of hydrogen-bond acceptors (Lipinski definition) is 4. The maximum atomic E-state index is 5.41. The molecule has 1 aliphatic carbocycles. The minimum atomic E-state index is 0.390. The first-order valence-corrected chi connectivity index (χ1v) is 8.91. The second-order valence-corrected chi connectivity index (χ2v) is 6.87. The van der Waals surface area contributed by atoms with Crippen LogP contribution in [0.2, 0.25) is 0 Å². The molecule has 1 aromatic carbocycles. The van der Waals surface area contributed by atoms with Crippen LogP contribution in [-0.4, -0.2) is 31.3 Å². The van der Waals surface area contributed by atoms with Gasteiger partial charge in [-0.1, -0.05) is 29.8 Å². The molecule has 1 aliphatic heterocycles. The van der Waals surface area contributed by atoms with Gasteiger partial charge in [0.05, 0.1) is 31.1 Å². The van der Waals surface area contributed by atoms with Crippen molar-refractivity contribution in [3.05, 3.63) is 53.7 Å². The van der Waals surface area contributed by atoms with Crippen molar-refractivity contribution < 1.29 is 4.74 Å². The van der Waals surface area contributed by atoms with Crippen LogP contribution in [0.5, 0.6) is 0 Å². The standard InChI is InChI=1S/C20H25N3O/c1-15-2-4-16(5-3-15)20(17-6-7-17)22-18-8-9-19(21-14-18)23-10-12-24-13-11-23/h2-5,8-9,14,17,20,22H,6-7,10-13H2,1H3. The Hall–Kier alpha value is -2.07. The van der Waals surface area contributed by atoms with Crippen molar-refractivity contribution in [3.63, 3.8) is 0 Å². The molecule has 1 saturated carbocycles. The van der Waals surface area contributed by atoms with Crippen LogP contribution in [-0.2, 0) is 4.74 Å². The molecule has 0 bridgehead atoms. The maximum absolute atomic E-state index is 5.41. The molecule has 2 fully saturated rings. The zero-order chi connectivity index (χ0) is 16.4. The average Bonchev–Trinajstić information content (AvgIpc) is 3.47. The number of rotatable bonds is 5. The Kier molecular flexibility index (Phi) is 4.39. The Labute approximate surface area is 143 Å². The molecule has 0 spiro atoms. The number of aromatic nitrogens is 1. The van der Waals surface area contributed by atoms with Crippen LogP contribution in [0.25, 0.3) is 0 Å². The number of hydrogen-bond donors (Lipinski definition) is 1. The molecule has 1 unspecified atom stereocenters. The number of pyridine rings is 1. The summed E-state index contributed by atoms with van der Waals surface area (Å²) in [6.07, 6.45) is 4.59. The van der Waals surface area contributed by atoms with E-state index in [1.54, 1.807) is 0 Å². The lowest BCUT2D eigenvalue weighted by molar-refractivity contribution is 0.122. The maximum Gasteiger partial charge on any atom is 0.128 e. The van der Waals surface area contributed by atoms with Crippen molar-refractivity contribution in [1.29, 1.82) is 0 Å². The van der Waals surface area contributed by atoms with Crippen LogP contribution in [0.3, 0.4) is 0 Å². The highest BCUT2D eigenvalue weighted by molar-refractivity contribution is 5.50. The number of anilines is 2. The third-order valence-corrected chi connectivity index (χ3v) is 4.93. The molecule has 1 aromatic heterocycles. The van der Waals surface area contributed by atoms with Crippen molar-refractivity contribution in [3.8, 4) is 0 Å². The van der Waals surface area contributed by atoms with E-state index in [4.69, 9.17) is 4.74 Å². The Morgan fingerprint density at radius 3 is 2.46 bits per heavy atom. The SMILES string of the molecule is Cc1ccc(C(Nc2ccc(N3CCOCC3)nc2)C2CC2)cc1. The fourth-order valence-corrected chi connectivity index (χ4v) is 3.31. The summed E-state index contributed by atoms with van der Waals surface area (Å²) in [6, 6.07) is 13.6. The van der Waals surface area contributed by atoms with E-state index in [9.17, 15) is 0 Å². The predicted molar refractivity (Wildman–Crippen MR) is 97.5 cm³/mol. The van der Waals surface area contributed by atoms with Crippen LogP contribution in [0, 0.1) is 12.8 Å². The van der Waals surface area contributed by atoms with E-state index in [1.165, 1.54) is 24.0 Å². The number of nitrogens with one attached hydrogen (secondary N) is 1. The van der Waals surface area contributed by atoms with E-state index in [2.05, 4.69) is 58.5 Å². The molecular formula is C20H25N3O. The van der Waals surface area contributed by atoms with Crippen molar-refractivity contribution in [2.45, 2.75) is 25.8 Å². The second-order valence-electron chi connectivity index (χ2n) is 6.87. The van der Waals surface area contributed by atoms with Crippen molar-refractivity contribution >= 4 is 11.5 Å². The lowest BCUT2D eigenvalue weighted by Crippen LogP contribution is -2.36. The summed E-state index contributed by atoms with van der Waals surface area (Å²) >= 11 is 0. The highest BCUT2D eigenvalue weighted by Gasteiger charge is 2.32. The molecule has 0 radical (unpaired) electrons. The van der Waals surface area contributed by atoms with E-state index < -0.39 is 0 Å². The molecule has 2 heterocycles. The molecule has 126 valence electrons. The van der Waals surface area contributed by atoms with E-state index in [1.807, 2.05) is 6.20 Å². The van der Waals surface area contributed by atoms with Gasteiger partial charge in [-0.3, -0.25) is 0 Å². The fraction of sp³-hybridized carbons (Fsp3) is 0.450. The van der Waals surface area contributed by atoms with Crippen LogP contribution >= 0.6 is 0 Å². The molecule has 4 nitrogen and oxygen atoms in total. The minimum Gasteiger partial charge on any atom is -0.378 e. The quantitative estimate of drug-likeness (QED) is 0.908. The first kappa shape index (κ1) is 15.5. The highest BCUT2D eigenvalue weighted by Crippen LogP contribution is 2.42. The number of aryl methyl sites for hydroxylation is 1. The normalized spacial score (nSPS) is 19.1. The largest absolute Gasteiger partial charge is 0.378 e. The zero-order valence-electron chi connectivity index (χ0n) is 14.2. The van der Waals surface area contributed by atoms with Crippen molar-refractivity contribution in [2.24, 2.45) is 5.92 Å². The molecule has 24 heavy (non-hydrogen) atoms. The number of ether oxygens (including phenoxy) is 1. The molecule has 4 heteroatoms. The van der Waals surface area contributed by atoms with Crippen molar-refractivity contribution in [2.75, 3.05) is 36.5 Å². The summed E-state index contributed by atoms with van der Waals surface area (Å²) in [7, 11) is 0. The fourth-order valence-electron chi connectivity index (χ4n) is 3.31.